The molecule has 0 aliphatic rings. The molecule has 1 rings (SSSR count). The Labute approximate surface area is 95.5 Å². The van der Waals surface area contributed by atoms with Crippen LogP contribution >= 0.6 is 0 Å². The average Bonchev–Trinajstić information content (AvgIpc) is 2.22. The van der Waals surface area contributed by atoms with E-state index in [0.29, 0.717) is 6.61 Å². The lowest BCUT2D eigenvalue weighted by molar-refractivity contribution is 0.170. The number of ether oxygens (including phenoxy) is 1. The van der Waals surface area contributed by atoms with Gasteiger partial charge in [-0.1, -0.05) is 6.07 Å². The maximum absolute atomic E-state index is 13.6. The highest BCUT2D eigenvalue weighted by Gasteiger charge is 2.15. The van der Waals surface area contributed by atoms with Crippen molar-refractivity contribution in [2.75, 3.05) is 27.3 Å². The van der Waals surface area contributed by atoms with Gasteiger partial charge in [0.25, 0.3) is 0 Å². The summed E-state index contributed by atoms with van der Waals surface area (Å²) >= 11 is 0. The normalized spacial score (nSPS) is 12.9. The van der Waals surface area contributed by atoms with Crippen LogP contribution in [0.4, 0.5) is 4.39 Å². The first-order valence-corrected chi connectivity index (χ1v) is 5.29. The first-order chi connectivity index (χ1) is 7.60. The lowest BCUT2D eigenvalue weighted by atomic mass is 10.1. The number of likely N-dealkylation sites (N-methyl/N-ethyl adjacent to an activating group) is 1. The molecule has 1 atom stereocenters. The van der Waals surface area contributed by atoms with Gasteiger partial charge >= 0.3 is 0 Å². The van der Waals surface area contributed by atoms with E-state index in [1.54, 1.807) is 12.1 Å². The zero-order chi connectivity index (χ0) is 12.1. The fourth-order valence-corrected chi connectivity index (χ4v) is 1.56. The van der Waals surface area contributed by atoms with Gasteiger partial charge in [0.2, 0.25) is 0 Å². The average molecular weight is 227 g/mol. The Hall–Kier alpha value is -1.13. The number of benzene rings is 1. The third kappa shape index (κ3) is 2.93. The van der Waals surface area contributed by atoms with Crippen LogP contribution in [0.5, 0.6) is 5.75 Å². The van der Waals surface area contributed by atoms with Crippen molar-refractivity contribution < 1.29 is 14.2 Å². The molecule has 0 aliphatic heterocycles. The predicted molar refractivity (Wildman–Crippen MR) is 61.1 cm³/mol. The van der Waals surface area contributed by atoms with Crippen molar-refractivity contribution in [1.29, 1.82) is 0 Å². The SMILES string of the molecule is CCOc1ccc(C(CO)N(C)C)cc1F. The minimum atomic E-state index is -0.389. The van der Waals surface area contributed by atoms with Crippen LogP contribution in [-0.2, 0) is 0 Å². The van der Waals surface area contributed by atoms with E-state index in [9.17, 15) is 9.50 Å². The van der Waals surface area contributed by atoms with Crippen LogP contribution in [0.2, 0.25) is 0 Å². The van der Waals surface area contributed by atoms with Crippen molar-refractivity contribution in [3.63, 3.8) is 0 Å². The highest BCUT2D eigenvalue weighted by molar-refractivity contribution is 5.31. The molecule has 1 unspecified atom stereocenters. The Kier molecular flexibility index (Phi) is 4.71. The molecule has 16 heavy (non-hydrogen) atoms. The van der Waals surface area contributed by atoms with E-state index in [-0.39, 0.29) is 24.2 Å². The van der Waals surface area contributed by atoms with Crippen LogP contribution in [0.25, 0.3) is 0 Å². The van der Waals surface area contributed by atoms with Crippen LogP contribution in [0.1, 0.15) is 18.5 Å². The number of aliphatic hydroxyl groups is 1. The Balaban J connectivity index is 2.95. The molecule has 3 nitrogen and oxygen atoms in total. The molecular weight excluding hydrogens is 209 g/mol. The Bertz CT molecular complexity index is 342. The van der Waals surface area contributed by atoms with Crippen LogP contribution in [0, 0.1) is 5.82 Å². The second-order valence-corrected chi connectivity index (χ2v) is 3.78. The molecule has 0 spiro atoms. The fourth-order valence-electron chi connectivity index (χ4n) is 1.56. The molecule has 1 aromatic rings. The van der Waals surface area contributed by atoms with Crippen LogP contribution in [0.15, 0.2) is 18.2 Å². The van der Waals surface area contributed by atoms with E-state index in [1.807, 2.05) is 25.9 Å². The molecule has 0 bridgehead atoms. The zero-order valence-electron chi connectivity index (χ0n) is 9.90. The van der Waals surface area contributed by atoms with Crippen molar-refractivity contribution in [3.05, 3.63) is 29.6 Å². The lowest BCUT2D eigenvalue weighted by Crippen LogP contribution is -2.23. The summed E-state index contributed by atoms with van der Waals surface area (Å²) in [5.41, 5.74) is 0.744. The molecule has 1 N–H and O–H groups in total. The molecule has 0 aliphatic carbocycles. The molecule has 0 aromatic heterocycles. The van der Waals surface area contributed by atoms with E-state index >= 15 is 0 Å². The van der Waals surface area contributed by atoms with E-state index in [1.165, 1.54) is 6.07 Å². The minimum absolute atomic E-state index is 0.0412. The van der Waals surface area contributed by atoms with E-state index in [2.05, 4.69) is 0 Å². The number of aliphatic hydroxyl groups excluding tert-OH is 1. The predicted octanol–water partition coefficient (Wildman–Crippen LogP) is 1.82. The van der Waals surface area contributed by atoms with Gasteiger partial charge in [-0.15, -0.1) is 0 Å². The summed E-state index contributed by atoms with van der Waals surface area (Å²) in [5.74, 6) is -0.138. The van der Waals surface area contributed by atoms with Gasteiger partial charge in [0.1, 0.15) is 0 Å². The molecule has 0 saturated carbocycles. The van der Waals surface area contributed by atoms with Gasteiger partial charge < -0.3 is 14.7 Å². The second kappa shape index (κ2) is 5.82. The largest absolute Gasteiger partial charge is 0.491 e. The zero-order valence-corrected chi connectivity index (χ0v) is 9.90. The molecule has 0 radical (unpaired) electrons. The quantitative estimate of drug-likeness (QED) is 0.832. The molecule has 0 heterocycles. The summed E-state index contributed by atoms with van der Waals surface area (Å²) in [4.78, 5) is 1.84. The van der Waals surface area contributed by atoms with Gasteiger partial charge in [-0.2, -0.15) is 0 Å². The van der Waals surface area contributed by atoms with E-state index < -0.39 is 0 Å². The molecule has 0 saturated heterocycles. The molecule has 0 fully saturated rings. The summed E-state index contributed by atoms with van der Waals surface area (Å²) in [6, 6.07) is 4.59. The van der Waals surface area contributed by atoms with E-state index in [0.717, 1.165) is 5.56 Å². The molecule has 90 valence electrons. The maximum Gasteiger partial charge on any atom is 0.165 e. The highest BCUT2D eigenvalue weighted by atomic mass is 19.1. The summed E-state index contributed by atoms with van der Waals surface area (Å²) in [7, 11) is 3.69. The van der Waals surface area contributed by atoms with Gasteiger partial charge in [0.15, 0.2) is 11.6 Å². The van der Waals surface area contributed by atoms with Gasteiger partial charge in [-0.05, 0) is 38.7 Å². The standard InChI is InChI=1S/C12H18FNO2/c1-4-16-12-6-5-9(7-10(12)13)11(8-15)14(2)3/h5-7,11,15H,4,8H2,1-3H3. The number of hydrogen-bond donors (Lipinski definition) is 1. The summed E-state index contributed by atoms with van der Waals surface area (Å²) < 4.78 is 18.7. The van der Waals surface area contributed by atoms with Gasteiger partial charge in [0, 0.05) is 0 Å². The second-order valence-electron chi connectivity index (χ2n) is 3.78. The van der Waals surface area contributed by atoms with Crippen LogP contribution in [-0.4, -0.2) is 37.3 Å². The topological polar surface area (TPSA) is 32.7 Å². The van der Waals surface area contributed by atoms with Crippen molar-refractivity contribution >= 4 is 0 Å². The summed E-state index contributed by atoms with van der Waals surface area (Å²) in [6.07, 6.45) is 0. The van der Waals surface area contributed by atoms with Crippen molar-refractivity contribution in [1.82, 2.24) is 4.90 Å². The van der Waals surface area contributed by atoms with Crippen LogP contribution in [0.3, 0.4) is 0 Å². The highest BCUT2D eigenvalue weighted by Crippen LogP contribution is 2.24. The third-order valence-corrected chi connectivity index (χ3v) is 2.44. The number of rotatable bonds is 5. The van der Waals surface area contributed by atoms with Crippen LogP contribution < -0.4 is 4.74 Å². The Morgan fingerprint density at radius 3 is 2.56 bits per heavy atom. The van der Waals surface area contributed by atoms with Crippen molar-refractivity contribution in [2.45, 2.75) is 13.0 Å². The number of halogens is 1. The summed E-state index contributed by atoms with van der Waals surface area (Å²) in [6.45, 7) is 2.21. The number of hydrogen-bond acceptors (Lipinski definition) is 3. The number of nitrogens with zero attached hydrogens (tertiary/aromatic N) is 1. The molecule has 0 amide bonds. The third-order valence-electron chi connectivity index (χ3n) is 2.44. The first-order valence-electron chi connectivity index (χ1n) is 5.29. The van der Waals surface area contributed by atoms with Crippen molar-refractivity contribution in [3.8, 4) is 5.75 Å². The Morgan fingerprint density at radius 2 is 2.12 bits per heavy atom. The maximum atomic E-state index is 13.6. The van der Waals surface area contributed by atoms with Gasteiger partial charge in [-0.25, -0.2) is 4.39 Å². The molecule has 4 heteroatoms. The molecular formula is C12H18FNO2. The van der Waals surface area contributed by atoms with E-state index in [4.69, 9.17) is 4.74 Å². The van der Waals surface area contributed by atoms with Gasteiger partial charge in [0.05, 0.1) is 19.3 Å². The Morgan fingerprint density at radius 1 is 1.44 bits per heavy atom. The summed E-state index contributed by atoms with van der Waals surface area (Å²) in [5, 5.41) is 9.22. The molecule has 1 aromatic carbocycles. The lowest BCUT2D eigenvalue weighted by Gasteiger charge is -2.22. The van der Waals surface area contributed by atoms with Crippen molar-refractivity contribution in [2.24, 2.45) is 0 Å². The first kappa shape index (κ1) is 12.9. The fraction of sp³-hybridized carbons (Fsp3) is 0.500. The van der Waals surface area contributed by atoms with Gasteiger partial charge in [-0.3, -0.25) is 0 Å². The monoisotopic (exact) mass is 227 g/mol. The smallest absolute Gasteiger partial charge is 0.165 e. The minimum Gasteiger partial charge on any atom is -0.491 e.